The number of benzene rings is 2. The smallest absolute Gasteiger partial charge is 0.166 e. The molecule has 0 heterocycles. The van der Waals surface area contributed by atoms with Crippen LogP contribution in [0, 0.1) is 0 Å². The van der Waals surface area contributed by atoms with Gasteiger partial charge < -0.3 is 19.7 Å². The molecule has 6 nitrogen and oxygen atoms in total. The van der Waals surface area contributed by atoms with Gasteiger partial charge in [0, 0.05) is 23.6 Å². The highest BCUT2D eigenvalue weighted by Gasteiger charge is 2.06. The third-order valence-corrected chi connectivity index (χ3v) is 3.57. The maximum Gasteiger partial charge on any atom is 0.166 e. The summed E-state index contributed by atoms with van der Waals surface area (Å²) in [6.07, 6.45) is 3.19. The lowest BCUT2D eigenvalue weighted by Crippen LogP contribution is -2.04. The Hall–Kier alpha value is -3.02. The van der Waals surface area contributed by atoms with Gasteiger partial charge >= 0.3 is 0 Å². The van der Waals surface area contributed by atoms with Crippen molar-refractivity contribution in [2.24, 2.45) is 9.98 Å². The highest BCUT2D eigenvalue weighted by Crippen LogP contribution is 2.29. The normalized spacial score (nSPS) is 12.6. The summed E-state index contributed by atoms with van der Waals surface area (Å²) in [4.78, 5) is 8.68. The van der Waals surface area contributed by atoms with Crippen molar-refractivity contribution in [1.82, 2.24) is 0 Å². The fourth-order valence-corrected chi connectivity index (χ4v) is 2.17. The molecule has 0 bridgehead atoms. The van der Waals surface area contributed by atoms with Crippen LogP contribution in [-0.2, 0) is 0 Å². The van der Waals surface area contributed by atoms with Gasteiger partial charge in [-0.15, -0.1) is 0 Å². The van der Waals surface area contributed by atoms with E-state index in [1.54, 1.807) is 48.8 Å². The van der Waals surface area contributed by atoms with Crippen molar-refractivity contribution in [2.45, 2.75) is 13.0 Å². The third kappa shape index (κ3) is 4.73. The Balaban J connectivity index is 2.00. The number of hydrogen-bond acceptors (Lipinski definition) is 6. The van der Waals surface area contributed by atoms with E-state index in [0.717, 1.165) is 0 Å². The monoisotopic (exact) mass is 342 g/mol. The molecule has 0 aliphatic rings. The molecule has 0 radical (unpaired) electrons. The third-order valence-electron chi connectivity index (χ3n) is 3.57. The Morgan fingerprint density at radius 2 is 1.44 bits per heavy atom. The lowest BCUT2D eigenvalue weighted by molar-refractivity contribution is 0.373. The average Bonchev–Trinajstić information content (AvgIpc) is 2.62. The van der Waals surface area contributed by atoms with Gasteiger partial charge in [0.1, 0.15) is 0 Å². The molecule has 1 atom stereocenters. The first-order valence-electron chi connectivity index (χ1n) is 7.81. The average molecular weight is 342 g/mol. The molecule has 1 unspecified atom stereocenters. The van der Waals surface area contributed by atoms with E-state index in [4.69, 9.17) is 9.47 Å². The summed E-state index contributed by atoms with van der Waals surface area (Å²) in [5.41, 5.74) is 1.17. The van der Waals surface area contributed by atoms with E-state index < -0.39 is 0 Å². The first-order chi connectivity index (χ1) is 12.1. The fourth-order valence-electron chi connectivity index (χ4n) is 2.17. The molecule has 2 N–H and O–H groups in total. The Morgan fingerprint density at radius 1 is 0.920 bits per heavy atom. The van der Waals surface area contributed by atoms with Gasteiger partial charge in [-0.3, -0.25) is 9.98 Å². The largest absolute Gasteiger partial charge is 0.504 e. The van der Waals surface area contributed by atoms with Crippen LogP contribution in [0.1, 0.15) is 18.1 Å². The number of aromatic hydroxyl groups is 2. The van der Waals surface area contributed by atoms with Gasteiger partial charge in [-0.1, -0.05) is 12.1 Å². The minimum absolute atomic E-state index is 0.0609. The number of nitrogens with zero attached hydrogens (tertiary/aromatic N) is 2. The summed E-state index contributed by atoms with van der Waals surface area (Å²) < 4.78 is 10.1. The van der Waals surface area contributed by atoms with E-state index in [0.29, 0.717) is 29.2 Å². The van der Waals surface area contributed by atoms with Gasteiger partial charge in [0.15, 0.2) is 23.0 Å². The Kier molecular flexibility index (Phi) is 6.39. The van der Waals surface area contributed by atoms with Crippen LogP contribution in [0.2, 0.25) is 0 Å². The lowest BCUT2D eigenvalue weighted by atomic mass is 10.2. The van der Waals surface area contributed by atoms with Gasteiger partial charge in [0.05, 0.1) is 26.8 Å². The number of methoxy groups -OCH3 is 2. The van der Waals surface area contributed by atoms with Crippen LogP contribution in [0.4, 0.5) is 0 Å². The Bertz CT molecular complexity index is 772. The fraction of sp³-hybridized carbons (Fsp3) is 0.263. The number of ether oxygens (including phenoxy) is 2. The zero-order valence-electron chi connectivity index (χ0n) is 14.5. The van der Waals surface area contributed by atoms with Crippen LogP contribution in [-0.4, -0.2) is 49.4 Å². The Labute approximate surface area is 147 Å². The molecular weight excluding hydrogens is 320 g/mol. The number of phenols is 2. The van der Waals surface area contributed by atoms with Crippen LogP contribution < -0.4 is 9.47 Å². The molecule has 0 aliphatic heterocycles. The Morgan fingerprint density at radius 3 is 1.96 bits per heavy atom. The number of phenolic OH excluding ortho intramolecular Hbond substituents is 2. The maximum absolute atomic E-state index is 10.0. The molecule has 0 saturated carbocycles. The quantitative estimate of drug-likeness (QED) is 0.758. The molecule has 0 spiro atoms. The second-order valence-corrected chi connectivity index (χ2v) is 5.42. The second-order valence-electron chi connectivity index (χ2n) is 5.42. The van der Waals surface area contributed by atoms with Crippen LogP contribution >= 0.6 is 0 Å². The van der Waals surface area contributed by atoms with Crippen molar-refractivity contribution in [1.29, 1.82) is 0 Å². The second kappa shape index (κ2) is 8.73. The summed E-state index contributed by atoms with van der Waals surface area (Å²) in [5.74, 6) is 0.934. The highest BCUT2D eigenvalue weighted by molar-refractivity contribution is 5.85. The van der Waals surface area contributed by atoms with Crippen LogP contribution in [0.15, 0.2) is 46.4 Å². The van der Waals surface area contributed by atoms with E-state index >= 15 is 0 Å². The molecule has 2 aromatic carbocycles. The number of rotatable bonds is 7. The minimum Gasteiger partial charge on any atom is -0.504 e. The predicted molar refractivity (Wildman–Crippen MR) is 98.8 cm³/mol. The zero-order chi connectivity index (χ0) is 18.2. The molecule has 2 aromatic rings. The predicted octanol–water partition coefficient (Wildman–Crippen LogP) is 3.04. The summed E-state index contributed by atoms with van der Waals surface area (Å²) in [5, 5.41) is 20.0. The van der Waals surface area contributed by atoms with Gasteiger partial charge in [-0.2, -0.15) is 0 Å². The molecule has 25 heavy (non-hydrogen) atoms. The topological polar surface area (TPSA) is 83.6 Å². The van der Waals surface area contributed by atoms with Crippen LogP contribution in [0.25, 0.3) is 0 Å². The van der Waals surface area contributed by atoms with Crippen molar-refractivity contribution in [3.63, 3.8) is 0 Å². The summed E-state index contributed by atoms with van der Waals surface area (Å²) in [6.45, 7) is 2.36. The SMILES string of the molecule is COc1cccc(C=NCC(C)N=Cc2cccc(OC)c2O)c1O. The maximum atomic E-state index is 10.0. The lowest BCUT2D eigenvalue weighted by Gasteiger charge is -2.07. The van der Waals surface area contributed by atoms with Gasteiger partial charge in [0.25, 0.3) is 0 Å². The first-order valence-corrected chi connectivity index (χ1v) is 7.81. The molecule has 0 aromatic heterocycles. The molecule has 6 heteroatoms. The molecule has 0 aliphatic carbocycles. The van der Waals surface area contributed by atoms with Gasteiger partial charge in [-0.05, 0) is 31.2 Å². The summed E-state index contributed by atoms with van der Waals surface area (Å²) in [7, 11) is 3.00. The van der Waals surface area contributed by atoms with Crippen LogP contribution in [0.3, 0.4) is 0 Å². The number of para-hydroxylation sites is 2. The van der Waals surface area contributed by atoms with Crippen molar-refractivity contribution < 1.29 is 19.7 Å². The molecular formula is C19H22N2O4. The minimum atomic E-state index is -0.0883. The molecule has 0 amide bonds. The molecule has 132 valence electrons. The van der Waals surface area contributed by atoms with Crippen molar-refractivity contribution in [2.75, 3.05) is 20.8 Å². The van der Waals surface area contributed by atoms with Crippen LogP contribution in [0.5, 0.6) is 23.0 Å². The van der Waals surface area contributed by atoms with E-state index in [1.165, 1.54) is 14.2 Å². The number of aliphatic imine (C=N–C) groups is 2. The van der Waals surface area contributed by atoms with Crippen molar-refractivity contribution >= 4 is 12.4 Å². The van der Waals surface area contributed by atoms with E-state index in [2.05, 4.69) is 9.98 Å². The molecule has 0 saturated heterocycles. The van der Waals surface area contributed by atoms with Crippen molar-refractivity contribution in [3.05, 3.63) is 47.5 Å². The number of hydrogen-bond donors (Lipinski definition) is 2. The van der Waals surface area contributed by atoms with Gasteiger partial charge in [-0.25, -0.2) is 0 Å². The van der Waals surface area contributed by atoms with E-state index in [-0.39, 0.29) is 17.5 Å². The molecule has 0 fully saturated rings. The van der Waals surface area contributed by atoms with E-state index in [1.807, 2.05) is 6.92 Å². The standard InChI is InChI=1S/C19H22N2O4/c1-13(21-12-15-7-5-9-17(25-3)19(15)23)10-20-11-14-6-4-8-16(24-2)18(14)22/h4-9,11-13,22-23H,10H2,1-3H3. The van der Waals surface area contributed by atoms with E-state index in [9.17, 15) is 10.2 Å². The van der Waals surface area contributed by atoms with Crippen molar-refractivity contribution in [3.8, 4) is 23.0 Å². The first kappa shape index (κ1) is 18.3. The summed E-state index contributed by atoms with van der Waals surface area (Å²) in [6, 6.07) is 10.4. The van der Waals surface area contributed by atoms with Gasteiger partial charge in [0.2, 0.25) is 0 Å². The summed E-state index contributed by atoms with van der Waals surface area (Å²) >= 11 is 0. The highest BCUT2D eigenvalue weighted by atomic mass is 16.5. The zero-order valence-corrected chi connectivity index (χ0v) is 14.5. The molecule has 2 rings (SSSR count).